The van der Waals surface area contributed by atoms with E-state index in [4.69, 9.17) is 11.5 Å². The summed E-state index contributed by atoms with van der Waals surface area (Å²) >= 11 is 0. The van der Waals surface area contributed by atoms with Crippen LogP contribution in [0.15, 0.2) is 35.1 Å². The van der Waals surface area contributed by atoms with Crippen LogP contribution < -0.4 is 22.3 Å². The van der Waals surface area contributed by atoms with E-state index in [9.17, 15) is 27.6 Å². The van der Waals surface area contributed by atoms with Gasteiger partial charge < -0.3 is 16.8 Å². The number of halogens is 4. The molecule has 1 atom stereocenters. The lowest BCUT2D eigenvalue weighted by Gasteiger charge is -2.21. The van der Waals surface area contributed by atoms with Crippen LogP contribution in [0.4, 0.5) is 35.1 Å². The fourth-order valence-corrected chi connectivity index (χ4v) is 3.42. The number of fused-ring (bicyclic) bond motifs is 1. The fourth-order valence-electron chi connectivity index (χ4n) is 3.42. The van der Waals surface area contributed by atoms with Crippen LogP contribution in [0.25, 0.3) is 16.6 Å². The summed E-state index contributed by atoms with van der Waals surface area (Å²) in [4.78, 5) is 25.1. The Morgan fingerprint density at radius 3 is 2.38 bits per heavy atom. The van der Waals surface area contributed by atoms with Gasteiger partial charge in [0.2, 0.25) is 5.95 Å². The van der Waals surface area contributed by atoms with E-state index in [2.05, 4.69) is 20.3 Å². The second kappa shape index (κ2) is 8.32. The Balaban J connectivity index is 2.00. The fraction of sp³-hybridized carbons (Fsp3) is 0.0952. The maximum atomic E-state index is 14.5. The molecular formula is C21H14F4N8O. The number of nitrogen functional groups attached to an aromatic ring is 2. The number of aromatic nitrogens is 4. The van der Waals surface area contributed by atoms with Crippen molar-refractivity contribution in [2.45, 2.75) is 13.0 Å². The first kappa shape index (κ1) is 22.5. The lowest BCUT2D eigenvalue weighted by molar-refractivity contribution is 0.515. The molecule has 172 valence electrons. The highest BCUT2D eigenvalue weighted by molar-refractivity contribution is 5.79. The van der Waals surface area contributed by atoms with Gasteiger partial charge in [0.1, 0.15) is 40.3 Å². The van der Waals surface area contributed by atoms with E-state index in [1.165, 1.54) is 6.92 Å². The summed E-state index contributed by atoms with van der Waals surface area (Å²) in [6, 6.07) is 4.94. The third-order valence-corrected chi connectivity index (χ3v) is 4.87. The first-order valence-corrected chi connectivity index (χ1v) is 9.57. The summed E-state index contributed by atoms with van der Waals surface area (Å²) in [5, 5.41) is 11.5. The molecule has 13 heteroatoms. The van der Waals surface area contributed by atoms with Gasteiger partial charge in [-0.2, -0.15) is 15.2 Å². The minimum atomic E-state index is -1.46. The molecule has 0 amide bonds. The minimum absolute atomic E-state index is 0.100. The molecule has 0 saturated carbocycles. The maximum absolute atomic E-state index is 14.5. The highest BCUT2D eigenvalue weighted by Crippen LogP contribution is 2.26. The molecule has 4 rings (SSSR count). The van der Waals surface area contributed by atoms with Crippen LogP contribution in [-0.2, 0) is 0 Å². The Labute approximate surface area is 188 Å². The first-order valence-electron chi connectivity index (χ1n) is 9.57. The van der Waals surface area contributed by atoms with Crippen molar-refractivity contribution in [3.63, 3.8) is 0 Å². The number of rotatable bonds is 4. The molecule has 1 unspecified atom stereocenters. The predicted octanol–water partition coefficient (Wildman–Crippen LogP) is 2.94. The lowest BCUT2D eigenvalue weighted by atomic mass is 10.1. The minimum Gasteiger partial charge on any atom is -0.382 e. The van der Waals surface area contributed by atoms with Crippen molar-refractivity contribution in [2.75, 3.05) is 16.8 Å². The molecule has 0 bridgehead atoms. The summed E-state index contributed by atoms with van der Waals surface area (Å²) < 4.78 is 57.0. The van der Waals surface area contributed by atoms with E-state index < -0.39 is 40.3 Å². The van der Waals surface area contributed by atoms with Crippen LogP contribution in [-0.4, -0.2) is 19.5 Å². The zero-order valence-electron chi connectivity index (χ0n) is 17.3. The SMILES string of the molecule is CC(Nc1nc(N)nc(N)c1C#N)c1nc2ccc(F)c(F)c2c(=O)n1-c1cc(F)cc(F)c1. The molecule has 0 spiro atoms. The van der Waals surface area contributed by atoms with Gasteiger partial charge in [-0.05, 0) is 31.2 Å². The highest BCUT2D eigenvalue weighted by Gasteiger charge is 2.23. The molecule has 2 aromatic carbocycles. The second-order valence-electron chi connectivity index (χ2n) is 7.16. The zero-order valence-corrected chi connectivity index (χ0v) is 17.3. The molecule has 9 nitrogen and oxygen atoms in total. The van der Waals surface area contributed by atoms with E-state index in [0.717, 1.165) is 28.8 Å². The van der Waals surface area contributed by atoms with E-state index in [0.29, 0.717) is 6.07 Å². The van der Waals surface area contributed by atoms with E-state index >= 15 is 0 Å². The average molecular weight is 470 g/mol. The number of nitrogens with two attached hydrogens (primary N) is 2. The van der Waals surface area contributed by atoms with Crippen molar-refractivity contribution in [3.8, 4) is 11.8 Å². The Hall–Kier alpha value is -4.73. The van der Waals surface area contributed by atoms with Gasteiger partial charge in [0.25, 0.3) is 5.56 Å². The zero-order chi connectivity index (χ0) is 24.7. The van der Waals surface area contributed by atoms with Crippen molar-refractivity contribution in [2.24, 2.45) is 0 Å². The summed E-state index contributed by atoms with van der Waals surface area (Å²) in [6.45, 7) is 1.48. The lowest BCUT2D eigenvalue weighted by Crippen LogP contribution is -2.28. The molecule has 4 aromatic rings. The monoisotopic (exact) mass is 470 g/mol. The van der Waals surface area contributed by atoms with Crippen molar-refractivity contribution >= 4 is 28.5 Å². The average Bonchev–Trinajstić information content (AvgIpc) is 2.75. The maximum Gasteiger partial charge on any atom is 0.269 e. The number of nitrogens with zero attached hydrogens (tertiary/aromatic N) is 5. The smallest absolute Gasteiger partial charge is 0.269 e. The Morgan fingerprint density at radius 1 is 1.06 bits per heavy atom. The van der Waals surface area contributed by atoms with Gasteiger partial charge >= 0.3 is 0 Å². The summed E-state index contributed by atoms with van der Waals surface area (Å²) in [5.74, 6) is -5.51. The second-order valence-corrected chi connectivity index (χ2v) is 7.16. The predicted molar refractivity (Wildman–Crippen MR) is 115 cm³/mol. The van der Waals surface area contributed by atoms with Crippen molar-refractivity contribution < 1.29 is 17.6 Å². The van der Waals surface area contributed by atoms with Gasteiger partial charge in [0.05, 0.1) is 17.2 Å². The van der Waals surface area contributed by atoms with Crippen LogP contribution in [0.2, 0.25) is 0 Å². The normalized spacial score (nSPS) is 11.9. The van der Waals surface area contributed by atoms with Crippen LogP contribution in [0.1, 0.15) is 24.4 Å². The topological polar surface area (TPSA) is 149 Å². The van der Waals surface area contributed by atoms with Crippen LogP contribution >= 0.6 is 0 Å². The quantitative estimate of drug-likeness (QED) is 0.386. The standard InChI is InChI=1S/C21H14F4N8O/c1-8(29-18-12(7-26)17(27)31-21(28)32-18)19-30-14-3-2-13(24)16(25)15(14)20(34)33(19)11-5-9(22)4-10(23)6-11/h2-6,8H,1H3,(H5,27,28,29,31,32). The Kier molecular flexibility index (Phi) is 5.50. The molecule has 0 aliphatic carbocycles. The third-order valence-electron chi connectivity index (χ3n) is 4.87. The number of nitrogens with one attached hydrogen (secondary N) is 1. The van der Waals surface area contributed by atoms with E-state index in [-0.39, 0.29) is 40.2 Å². The number of benzene rings is 2. The van der Waals surface area contributed by atoms with Crippen molar-refractivity contribution in [1.82, 2.24) is 19.5 Å². The van der Waals surface area contributed by atoms with Gasteiger partial charge in [-0.3, -0.25) is 9.36 Å². The molecule has 34 heavy (non-hydrogen) atoms. The number of hydrogen-bond donors (Lipinski definition) is 3. The highest BCUT2D eigenvalue weighted by atomic mass is 19.2. The Morgan fingerprint density at radius 2 is 1.74 bits per heavy atom. The van der Waals surface area contributed by atoms with Gasteiger partial charge in [0, 0.05) is 6.07 Å². The molecule has 0 saturated heterocycles. The number of hydrogen-bond acceptors (Lipinski definition) is 8. The molecule has 0 aliphatic rings. The number of anilines is 3. The van der Waals surface area contributed by atoms with Crippen LogP contribution in [0.5, 0.6) is 0 Å². The molecule has 2 heterocycles. The van der Waals surface area contributed by atoms with E-state index in [1.807, 2.05) is 6.07 Å². The summed E-state index contributed by atoms with van der Waals surface area (Å²) in [7, 11) is 0. The van der Waals surface area contributed by atoms with Gasteiger partial charge in [-0.15, -0.1) is 0 Å². The van der Waals surface area contributed by atoms with Crippen LogP contribution in [0.3, 0.4) is 0 Å². The van der Waals surface area contributed by atoms with Gasteiger partial charge in [-0.25, -0.2) is 22.5 Å². The molecule has 2 aromatic heterocycles. The third kappa shape index (κ3) is 3.81. The van der Waals surface area contributed by atoms with Crippen molar-refractivity contribution in [3.05, 3.63) is 75.3 Å². The van der Waals surface area contributed by atoms with Crippen molar-refractivity contribution in [1.29, 1.82) is 5.26 Å². The van der Waals surface area contributed by atoms with Gasteiger partial charge in [-0.1, -0.05) is 0 Å². The molecule has 0 fully saturated rings. The molecule has 0 aliphatic heterocycles. The summed E-state index contributed by atoms with van der Waals surface area (Å²) in [5.41, 5.74) is 9.51. The van der Waals surface area contributed by atoms with E-state index in [1.54, 1.807) is 0 Å². The number of nitriles is 1. The molecule has 0 radical (unpaired) electrons. The largest absolute Gasteiger partial charge is 0.382 e. The van der Waals surface area contributed by atoms with Gasteiger partial charge in [0.15, 0.2) is 17.5 Å². The molecule has 5 N–H and O–H groups in total. The van der Waals surface area contributed by atoms with Crippen LogP contribution in [0, 0.1) is 34.6 Å². The summed E-state index contributed by atoms with van der Waals surface area (Å²) in [6.07, 6.45) is 0. The molecular weight excluding hydrogens is 456 g/mol. The Bertz CT molecular complexity index is 1540. The first-order chi connectivity index (χ1) is 16.1.